The van der Waals surface area contributed by atoms with E-state index in [0.717, 1.165) is 34.0 Å². The number of imidazole rings is 1. The van der Waals surface area contributed by atoms with Gasteiger partial charge in [0, 0.05) is 31.5 Å². The highest BCUT2D eigenvalue weighted by Crippen LogP contribution is 2.42. The summed E-state index contributed by atoms with van der Waals surface area (Å²) in [5.41, 5.74) is 3.93. The SMILES string of the molecule is CN1CCN(c2cc(C3CC3)cn3cc(CNc4cc(Br)ncn4)nc23)C(=O)C1. The lowest BCUT2D eigenvalue weighted by Crippen LogP contribution is -2.49. The molecule has 3 aromatic heterocycles. The fraction of sp³-hybridized carbons (Fsp3) is 0.400. The first-order chi connectivity index (χ1) is 14.1. The number of fused-ring (bicyclic) bond motifs is 1. The van der Waals surface area contributed by atoms with E-state index in [-0.39, 0.29) is 5.91 Å². The predicted octanol–water partition coefficient (Wildman–Crippen LogP) is 2.65. The zero-order chi connectivity index (χ0) is 20.0. The monoisotopic (exact) mass is 455 g/mol. The molecule has 8 nitrogen and oxygen atoms in total. The van der Waals surface area contributed by atoms with Crippen molar-refractivity contribution in [2.75, 3.05) is 36.9 Å². The molecule has 0 spiro atoms. The van der Waals surface area contributed by atoms with Crippen LogP contribution in [-0.2, 0) is 11.3 Å². The van der Waals surface area contributed by atoms with Crippen molar-refractivity contribution in [3.05, 3.63) is 46.7 Å². The molecular formula is C20H22BrN7O. The number of rotatable bonds is 5. The molecule has 0 radical (unpaired) electrons. The number of piperazine rings is 1. The lowest BCUT2D eigenvalue weighted by atomic mass is 10.1. The van der Waals surface area contributed by atoms with Gasteiger partial charge in [-0.25, -0.2) is 15.0 Å². The molecule has 150 valence electrons. The second kappa shape index (κ2) is 7.38. The molecule has 29 heavy (non-hydrogen) atoms. The van der Waals surface area contributed by atoms with E-state index in [1.165, 1.54) is 24.7 Å². The largest absolute Gasteiger partial charge is 0.364 e. The minimum atomic E-state index is 0.127. The van der Waals surface area contributed by atoms with Crippen LogP contribution in [-0.4, -0.2) is 56.8 Å². The van der Waals surface area contributed by atoms with Crippen LogP contribution < -0.4 is 10.2 Å². The Labute approximate surface area is 177 Å². The van der Waals surface area contributed by atoms with E-state index in [9.17, 15) is 4.79 Å². The highest BCUT2D eigenvalue weighted by Gasteiger charge is 2.29. The Morgan fingerprint density at radius 1 is 1.21 bits per heavy atom. The van der Waals surface area contributed by atoms with E-state index in [1.807, 2.05) is 24.2 Å². The van der Waals surface area contributed by atoms with Crippen molar-refractivity contribution in [2.45, 2.75) is 25.3 Å². The lowest BCUT2D eigenvalue weighted by molar-refractivity contribution is -0.120. The maximum atomic E-state index is 12.7. The van der Waals surface area contributed by atoms with Gasteiger partial charge < -0.3 is 14.6 Å². The number of pyridine rings is 1. The number of carbonyl (C=O) groups is 1. The summed E-state index contributed by atoms with van der Waals surface area (Å²) >= 11 is 3.36. The highest BCUT2D eigenvalue weighted by atomic mass is 79.9. The molecule has 1 aliphatic carbocycles. The van der Waals surface area contributed by atoms with Crippen LogP contribution in [0.1, 0.15) is 30.0 Å². The number of hydrogen-bond donors (Lipinski definition) is 1. The van der Waals surface area contributed by atoms with Gasteiger partial charge in [0.15, 0.2) is 5.65 Å². The number of amides is 1. The van der Waals surface area contributed by atoms with Crippen LogP contribution in [0.25, 0.3) is 5.65 Å². The Morgan fingerprint density at radius 2 is 2.07 bits per heavy atom. The second-order valence-electron chi connectivity index (χ2n) is 7.76. The molecular weight excluding hydrogens is 434 g/mol. The molecule has 0 atom stereocenters. The normalized spacial score (nSPS) is 17.9. The summed E-state index contributed by atoms with van der Waals surface area (Å²) in [5.74, 6) is 1.46. The van der Waals surface area contributed by atoms with Crippen molar-refractivity contribution in [3.8, 4) is 0 Å². The average Bonchev–Trinajstić information content (AvgIpc) is 3.46. The minimum Gasteiger partial charge on any atom is -0.364 e. The third-order valence-corrected chi connectivity index (χ3v) is 5.87. The third kappa shape index (κ3) is 3.84. The number of nitrogens with zero attached hydrogens (tertiary/aromatic N) is 6. The Hall–Kier alpha value is -2.52. The minimum absolute atomic E-state index is 0.127. The van der Waals surface area contributed by atoms with Crippen molar-refractivity contribution in [2.24, 2.45) is 0 Å². The number of hydrogen-bond acceptors (Lipinski definition) is 6. The van der Waals surface area contributed by atoms with Gasteiger partial charge in [0.1, 0.15) is 16.7 Å². The van der Waals surface area contributed by atoms with Gasteiger partial charge in [-0.05, 0) is 53.4 Å². The van der Waals surface area contributed by atoms with E-state index in [4.69, 9.17) is 4.98 Å². The zero-order valence-electron chi connectivity index (χ0n) is 16.2. The van der Waals surface area contributed by atoms with Crippen molar-refractivity contribution < 1.29 is 4.79 Å². The van der Waals surface area contributed by atoms with Gasteiger partial charge in [-0.1, -0.05) is 0 Å². The standard InChI is InChI=1S/C20H22BrN7O/c1-26-4-5-28(19(29)11-26)16-6-14(13-2-3-13)9-27-10-15(25-20(16)27)8-22-18-7-17(21)23-12-24-18/h6-7,9-10,12-13H,2-5,8,11H2,1H3,(H,22,23,24). The van der Waals surface area contributed by atoms with E-state index in [1.54, 1.807) is 0 Å². The smallest absolute Gasteiger partial charge is 0.241 e. The van der Waals surface area contributed by atoms with Crippen LogP contribution in [0.5, 0.6) is 0 Å². The summed E-state index contributed by atoms with van der Waals surface area (Å²) in [5, 5.41) is 3.28. The van der Waals surface area contributed by atoms with Crippen LogP contribution >= 0.6 is 15.9 Å². The van der Waals surface area contributed by atoms with Gasteiger partial charge in [0.05, 0.1) is 24.5 Å². The third-order valence-electron chi connectivity index (χ3n) is 5.44. The van der Waals surface area contributed by atoms with Crippen molar-refractivity contribution in [1.82, 2.24) is 24.3 Å². The van der Waals surface area contributed by atoms with Gasteiger partial charge in [0.25, 0.3) is 0 Å². The summed E-state index contributed by atoms with van der Waals surface area (Å²) in [7, 11) is 1.98. The van der Waals surface area contributed by atoms with Gasteiger partial charge in [0.2, 0.25) is 5.91 Å². The molecule has 0 unspecified atom stereocenters. The van der Waals surface area contributed by atoms with Crippen molar-refractivity contribution >= 4 is 39.0 Å². The molecule has 2 aliphatic rings. The molecule has 5 rings (SSSR count). The number of nitrogens with one attached hydrogen (secondary N) is 1. The summed E-state index contributed by atoms with van der Waals surface area (Å²) in [6, 6.07) is 4.00. The lowest BCUT2D eigenvalue weighted by Gasteiger charge is -2.32. The van der Waals surface area contributed by atoms with Crippen molar-refractivity contribution in [1.29, 1.82) is 0 Å². The first kappa shape index (κ1) is 18.5. The van der Waals surface area contributed by atoms with Crippen LogP contribution in [0.2, 0.25) is 0 Å². The molecule has 1 N–H and O–H groups in total. The highest BCUT2D eigenvalue weighted by molar-refractivity contribution is 9.10. The summed E-state index contributed by atoms with van der Waals surface area (Å²) < 4.78 is 2.80. The fourth-order valence-corrected chi connectivity index (χ4v) is 4.04. The maximum absolute atomic E-state index is 12.7. The van der Waals surface area contributed by atoms with Crippen LogP contribution in [0, 0.1) is 0 Å². The Kier molecular flexibility index (Phi) is 4.71. The van der Waals surface area contributed by atoms with Gasteiger partial charge >= 0.3 is 0 Å². The maximum Gasteiger partial charge on any atom is 0.241 e. The first-order valence-corrected chi connectivity index (χ1v) is 10.6. The topological polar surface area (TPSA) is 78.7 Å². The summed E-state index contributed by atoms with van der Waals surface area (Å²) in [6.07, 6.45) is 8.14. The van der Waals surface area contributed by atoms with Crippen LogP contribution in [0.4, 0.5) is 11.5 Å². The Morgan fingerprint density at radius 3 is 2.83 bits per heavy atom. The van der Waals surface area contributed by atoms with Gasteiger partial charge in [-0.2, -0.15) is 0 Å². The summed E-state index contributed by atoms with van der Waals surface area (Å²) in [6.45, 7) is 2.54. The van der Waals surface area contributed by atoms with Gasteiger partial charge in [-0.3, -0.25) is 9.69 Å². The number of carbonyl (C=O) groups excluding carboxylic acids is 1. The Balaban J connectivity index is 1.48. The number of aromatic nitrogens is 4. The zero-order valence-corrected chi connectivity index (χ0v) is 17.8. The quantitative estimate of drug-likeness (QED) is 0.595. The summed E-state index contributed by atoms with van der Waals surface area (Å²) in [4.78, 5) is 29.8. The number of likely N-dealkylation sites (N-methyl/N-ethyl adjacent to an activating group) is 1. The molecule has 1 aliphatic heterocycles. The fourth-order valence-electron chi connectivity index (χ4n) is 3.73. The molecule has 3 aromatic rings. The number of halogens is 1. The molecule has 1 saturated carbocycles. The van der Waals surface area contributed by atoms with Crippen molar-refractivity contribution in [3.63, 3.8) is 0 Å². The average molecular weight is 456 g/mol. The van der Waals surface area contributed by atoms with E-state index < -0.39 is 0 Å². The molecule has 1 amide bonds. The molecule has 0 bridgehead atoms. The van der Waals surface area contributed by atoms with E-state index >= 15 is 0 Å². The molecule has 0 aromatic carbocycles. The molecule has 4 heterocycles. The van der Waals surface area contributed by atoms with Crippen LogP contribution in [0.15, 0.2) is 35.5 Å². The first-order valence-electron chi connectivity index (χ1n) is 9.78. The number of anilines is 2. The molecule has 9 heteroatoms. The second-order valence-corrected chi connectivity index (χ2v) is 8.57. The predicted molar refractivity (Wildman–Crippen MR) is 114 cm³/mol. The van der Waals surface area contributed by atoms with E-state index in [2.05, 4.69) is 52.8 Å². The molecule has 1 saturated heterocycles. The van der Waals surface area contributed by atoms with Gasteiger partial charge in [-0.15, -0.1) is 0 Å². The molecule has 2 fully saturated rings. The van der Waals surface area contributed by atoms with Crippen LogP contribution in [0.3, 0.4) is 0 Å². The van der Waals surface area contributed by atoms with E-state index in [0.29, 0.717) is 25.6 Å². The Bertz CT molecular complexity index is 1080.